The monoisotopic (exact) mass is 557 g/mol. The maximum Gasteiger partial charge on any atom is 0.494 e. The summed E-state index contributed by atoms with van der Waals surface area (Å²) < 4.78 is 23.9. The van der Waals surface area contributed by atoms with E-state index in [1.807, 2.05) is 134 Å². The van der Waals surface area contributed by atoms with Gasteiger partial charge in [0, 0.05) is 17.1 Å². The largest absolute Gasteiger partial charge is 0.494 e. The van der Waals surface area contributed by atoms with Crippen molar-refractivity contribution in [3.63, 3.8) is 0 Å². The standard InChI is InChI=1S/C19H23BN2O3.C12H18BNO2/c1-18(2)19(3,4)25-20(24-18)14-10-12-16(13-11-14)22-17(23)21-15-8-6-5-7-9-15;1-11(2)12(3,4)16-13(15-11)9-5-7-10(14)8-6-9/h5-13H,1-4H3,(H2,21,22,23);5-8H,14H2,1-4H3. The van der Waals surface area contributed by atoms with Gasteiger partial charge in [0.2, 0.25) is 0 Å². The van der Waals surface area contributed by atoms with Crippen molar-refractivity contribution in [2.45, 2.75) is 77.8 Å². The highest BCUT2D eigenvalue weighted by Crippen LogP contribution is 2.37. The topological polar surface area (TPSA) is 104 Å². The van der Waals surface area contributed by atoms with Crippen LogP contribution in [0.5, 0.6) is 0 Å². The summed E-state index contributed by atoms with van der Waals surface area (Å²) in [5.74, 6) is 0. The number of benzene rings is 3. The fourth-order valence-corrected chi connectivity index (χ4v) is 4.15. The van der Waals surface area contributed by atoms with Crippen LogP contribution in [0.15, 0.2) is 78.9 Å². The third-order valence-corrected chi connectivity index (χ3v) is 8.19. The Hall–Kier alpha value is -3.30. The minimum absolute atomic E-state index is 0.283. The Bertz CT molecular complexity index is 1300. The molecule has 216 valence electrons. The average molecular weight is 557 g/mol. The second-order valence-corrected chi connectivity index (χ2v) is 12.4. The number of hydrogen-bond acceptors (Lipinski definition) is 6. The van der Waals surface area contributed by atoms with E-state index >= 15 is 0 Å². The first-order chi connectivity index (χ1) is 19.1. The van der Waals surface area contributed by atoms with Gasteiger partial charge in [0.15, 0.2) is 0 Å². The number of nitrogen functional groups attached to an aromatic ring is 1. The molecule has 2 aliphatic rings. The zero-order valence-electron chi connectivity index (χ0n) is 25.3. The number of amides is 2. The average Bonchev–Trinajstić information content (AvgIpc) is 3.25. The van der Waals surface area contributed by atoms with Crippen molar-refractivity contribution in [3.05, 3.63) is 78.9 Å². The number of anilines is 3. The zero-order valence-corrected chi connectivity index (χ0v) is 25.3. The summed E-state index contributed by atoms with van der Waals surface area (Å²) in [5, 5.41) is 5.59. The number of hydrogen-bond donors (Lipinski definition) is 3. The SMILES string of the molecule is CC1(C)OB(c2ccc(N)cc2)OC1(C)C.CC1(C)OB(c2ccc(NC(=O)Nc3ccccc3)cc2)OC1(C)C. The van der Waals surface area contributed by atoms with E-state index in [1.165, 1.54) is 0 Å². The summed E-state index contributed by atoms with van der Waals surface area (Å²) >= 11 is 0. The molecular formula is C31H41B2N3O5. The molecule has 0 unspecified atom stereocenters. The van der Waals surface area contributed by atoms with E-state index in [1.54, 1.807) is 0 Å². The first kappa shape index (κ1) is 30.7. The van der Waals surface area contributed by atoms with E-state index < -0.39 is 7.12 Å². The summed E-state index contributed by atoms with van der Waals surface area (Å²) in [4.78, 5) is 12.0. The van der Waals surface area contributed by atoms with Gasteiger partial charge in [0.1, 0.15) is 0 Å². The molecule has 5 rings (SSSR count). The molecule has 3 aromatic rings. The lowest BCUT2D eigenvalue weighted by atomic mass is 9.79. The molecule has 2 saturated heterocycles. The van der Waals surface area contributed by atoms with Crippen LogP contribution in [-0.4, -0.2) is 42.7 Å². The Labute approximate surface area is 244 Å². The molecule has 41 heavy (non-hydrogen) atoms. The Balaban J connectivity index is 0.000000208. The van der Waals surface area contributed by atoms with Crippen LogP contribution in [-0.2, 0) is 18.6 Å². The molecule has 2 heterocycles. The van der Waals surface area contributed by atoms with Crippen LogP contribution in [0.2, 0.25) is 0 Å². The van der Waals surface area contributed by atoms with Crippen molar-refractivity contribution < 1.29 is 23.4 Å². The Kier molecular flexibility index (Phi) is 8.62. The molecule has 4 N–H and O–H groups in total. The van der Waals surface area contributed by atoms with Crippen LogP contribution < -0.4 is 27.3 Å². The molecule has 0 aromatic heterocycles. The lowest BCUT2D eigenvalue weighted by Gasteiger charge is -2.32. The van der Waals surface area contributed by atoms with Crippen molar-refractivity contribution in [1.29, 1.82) is 0 Å². The molecule has 0 aliphatic carbocycles. The van der Waals surface area contributed by atoms with Gasteiger partial charge in [0.05, 0.1) is 22.4 Å². The van der Waals surface area contributed by atoms with Crippen molar-refractivity contribution in [2.75, 3.05) is 16.4 Å². The number of nitrogens with one attached hydrogen (secondary N) is 2. The van der Waals surface area contributed by atoms with Gasteiger partial charge in [-0.15, -0.1) is 0 Å². The number of nitrogens with two attached hydrogens (primary N) is 1. The molecule has 3 aromatic carbocycles. The molecule has 0 bridgehead atoms. The first-order valence-corrected chi connectivity index (χ1v) is 13.9. The number of para-hydroxylation sites is 1. The molecule has 2 amide bonds. The smallest absolute Gasteiger partial charge is 0.399 e. The molecule has 0 atom stereocenters. The highest BCUT2D eigenvalue weighted by molar-refractivity contribution is 6.62. The summed E-state index contributed by atoms with van der Waals surface area (Å²) in [5.41, 5.74) is 8.45. The van der Waals surface area contributed by atoms with Gasteiger partial charge in [-0.2, -0.15) is 0 Å². The number of urea groups is 1. The summed E-state index contributed by atoms with van der Waals surface area (Å²) in [6, 6.07) is 24.1. The Morgan fingerprint density at radius 2 is 0.902 bits per heavy atom. The van der Waals surface area contributed by atoms with Gasteiger partial charge in [-0.1, -0.05) is 42.5 Å². The van der Waals surface area contributed by atoms with E-state index in [0.717, 1.165) is 22.3 Å². The normalized spacial score (nSPS) is 19.7. The molecule has 0 saturated carbocycles. The molecule has 8 nitrogen and oxygen atoms in total. The molecule has 10 heteroatoms. The second-order valence-electron chi connectivity index (χ2n) is 12.4. The second kappa shape index (κ2) is 11.5. The molecule has 2 fully saturated rings. The van der Waals surface area contributed by atoms with Gasteiger partial charge in [-0.05, 0) is 103 Å². The van der Waals surface area contributed by atoms with Crippen LogP contribution in [0.25, 0.3) is 0 Å². The van der Waals surface area contributed by atoms with E-state index in [9.17, 15) is 4.79 Å². The predicted octanol–water partition coefficient (Wildman–Crippen LogP) is 5.20. The van der Waals surface area contributed by atoms with Crippen LogP contribution >= 0.6 is 0 Å². The van der Waals surface area contributed by atoms with Gasteiger partial charge in [0.25, 0.3) is 0 Å². The highest BCUT2D eigenvalue weighted by Gasteiger charge is 2.52. The van der Waals surface area contributed by atoms with Crippen molar-refractivity contribution in [2.24, 2.45) is 0 Å². The minimum Gasteiger partial charge on any atom is -0.399 e. The van der Waals surface area contributed by atoms with E-state index in [-0.39, 0.29) is 35.6 Å². The number of carbonyl (C=O) groups excluding carboxylic acids is 1. The Morgan fingerprint density at radius 1 is 0.561 bits per heavy atom. The molecule has 2 aliphatic heterocycles. The van der Waals surface area contributed by atoms with Crippen LogP contribution in [0.3, 0.4) is 0 Å². The predicted molar refractivity (Wildman–Crippen MR) is 168 cm³/mol. The van der Waals surface area contributed by atoms with Crippen molar-refractivity contribution >= 4 is 48.3 Å². The lowest BCUT2D eigenvalue weighted by Crippen LogP contribution is -2.41. The first-order valence-electron chi connectivity index (χ1n) is 13.9. The number of rotatable bonds is 4. The van der Waals surface area contributed by atoms with Crippen LogP contribution in [0.4, 0.5) is 21.9 Å². The Morgan fingerprint density at radius 3 is 1.29 bits per heavy atom. The summed E-state index contributed by atoms with van der Waals surface area (Å²) in [6.07, 6.45) is 0. The summed E-state index contributed by atoms with van der Waals surface area (Å²) in [6.45, 7) is 16.3. The minimum atomic E-state index is -0.405. The fourth-order valence-electron chi connectivity index (χ4n) is 4.15. The highest BCUT2D eigenvalue weighted by atomic mass is 16.7. The van der Waals surface area contributed by atoms with Gasteiger partial charge in [-0.25, -0.2) is 4.79 Å². The van der Waals surface area contributed by atoms with E-state index in [4.69, 9.17) is 24.4 Å². The fraction of sp³-hybridized carbons (Fsp3) is 0.387. The van der Waals surface area contributed by atoms with Crippen LogP contribution in [0.1, 0.15) is 55.4 Å². The quantitative estimate of drug-likeness (QED) is 0.301. The van der Waals surface area contributed by atoms with Crippen molar-refractivity contribution in [3.8, 4) is 0 Å². The number of carbonyl (C=O) groups is 1. The van der Waals surface area contributed by atoms with Crippen molar-refractivity contribution in [1.82, 2.24) is 0 Å². The molecule has 0 radical (unpaired) electrons. The van der Waals surface area contributed by atoms with Gasteiger partial charge < -0.3 is 35.0 Å². The molecule has 0 spiro atoms. The third-order valence-electron chi connectivity index (χ3n) is 8.19. The maximum absolute atomic E-state index is 12.0. The third kappa shape index (κ3) is 7.13. The van der Waals surface area contributed by atoms with Gasteiger partial charge >= 0.3 is 20.3 Å². The maximum atomic E-state index is 12.0. The molecular weight excluding hydrogens is 516 g/mol. The van der Waals surface area contributed by atoms with E-state index in [0.29, 0.717) is 5.69 Å². The van der Waals surface area contributed by atoms with Gasteiger partial charge in [-0.3, -0.25) is 0 Å². The zero-order chi connectivity index (χ0) is 30.1. The van der Waals surface area contributed by atoms with Crippen LogP contribution in [0, 0.1) is 0 Å². The summed E-state index contributed by atoms with van der Waals surface area (Å²) in [7, 11) is -0.706. The lowest BCUT2D eigenvalue weighted by molar-refractivity contribution is 0.00578. The van der Waals surface area contributed by atoms with E-state index in [2.05, 4.69) is 10.6 Å².